The Morgan fingerprint density at radius 1 is 1.20 bits per heavy atom. The van der Waals surface area contributed by atoms with Crippen molar-refractivity contribution in [1.82, 2.24) is 4.90 Å². The first-order valence-corrected chi connectivity index (χ1v) is 9.62. The number of fused-ring (bicyclic) bond motifs is 3. The number of hydrogen-bond acceptors (Lipinski definition) is 2. The van der Waals surface area contributed by atoms with Crippen LogP contribution in [0.2, 0.25) is 0 Å². The van der Waals surface area contributed by atoms with Gasteiger partial charge in [-0.05, 0) is 54.7 Å². The molecule has 2 nitrogen and oxygen atoms in total. The van der Waals surface area contributed by atoms with Gasteiger partial charge in [0, 0.05) is 34.7 Å². The number of hydrogen-bond donors (Lipinski definition) is 0. The first kappa shape index (κ1) is 16.6. The third kappa shape index (κ3) is 2.77. The molecule has 1 saturated heterocycles. The van der Waals surface area contributed by atoms with Gasteiger partial charge in [-0.25, -0.2) is 4.39 Å². The molecule has 0 saturated carbocycles. The Bertz CT molecular complexity index is 836. The number of aryl methyl sites for hydroxylation is 1. The molecule has 2 atom stereocenters. The van der Waals surface area contributed by atoms with Crippen molar-refractivity contribution < 1.29 is 9.18 Å². The van der Waals surface area contributed by atoms with Crippen LogP contribution in [0.5, 0.6) is 0 Å². The number of likely N-dealkylation sites (tertiary alicyclic amines) is 1. The standard InChI is InChI=1S/C21H22FNOS/c1-21-12-11-20(24)23(2)19(21)10-7-14-13-15(8-9-16(14)21)25-18-6-4-3-5-17(18)22/h3-6,8-9,13,19H,7,10-12H2,1-2H3/t19?,21-/m1/s1. The molecule has 4 heteroatoms. The van der Waals surface area contributed by atoms with Crippen molar-refractivity contribution in [3.63, 3.8) is 0 Å². The van der Waals surface area contributed by atoms with Crippen LogP contribution in [0, 0.1) is 5.82 Å². The first-order valence-electron chi connectivity index (χ1n) is 8.80. The molecule has 0 bridgehead atoms. The number of amides is 1. The van der Waals surface area contributed by atoms with Crippen molar-refractivity contribution in [1.29, 1.82) is 0 Å². The highest BCUT2D eigenvalue weighted by Crippen LogP contribution is 2.46. The molecule has 2 aromatic carbocycles. The molecule has 25 heavy (non-hydrogen) atoms. The van der Waals surface area contributed by atoms with E-state index in [1.807, 2.05) is 24.1 Å². The fourth-order valence-corrected chi connectivity index (χ4v) is 5.38. The second-order valence-electron chi connectivity index (χ2n) is 7.33. The van der Waals surface area contributed by atoms with E-state index in [9.17, 15) is 9.18 Å². The Balaban J connectivity index is 1.66. The number of piperidine rings is 1. The number of carbonyl (C=O) groups is 1. The quantitative estimate of drug-likeness (QED) is 0.771. The summed E-state index contributed by atoms with van der Waals surface area (Å²) in [5.74, 6) is 0.0855. The van der Waals surface area contributed by atoms with Gasteiger partial charge in [0.25, 0.3) is 0 Å². The average molecular weight is 355 g/mol. The van der Waals surface area contributed by atoms with Gasteiger partial charge in [-0.2, -0.15) is 0 Å². The molecule has 1 amide bonds. The van der Waals surface area contributed by atoms with E-state index in [-0.39, 0.29) is 23.2 Å². The largest absolute Gasteiger partial charge is 0.342 e. The smallest absolute Gasteiger partial charge is 0.222 e. The van der Waals surface area contributed by atoms with Gasteiger partial charge in [-0.15, -0.1) is 0 Å². The molecule has 1 unspecified atom stereocenters. The van der Waals surface area contributed by atoms with E-state index in [0.717, 1.165) is 24.2 Å². The fraction of sp³-hybridized carbons (Fsp3) is 0.381. The van der Waals surface area contributed by atoms with E-state index in [2.05, 4.69) is 25.1 Å². The van der Waals surface area contributed by atoms with Crippen molar-refractivity contribution >= 4 is 17.7 Å². The summed E-state index contributed by atoms with van der Waals surface area (Å²) in [6, 6.07) is 13.7. The van der Waals surface area contributed by atoms with Crippen molar-refractivity contribution in [3.8, 4) is 0 Å². The van der Waals surface area contributed by atoms with E-state index < -0.39 is 0 Å². The Labute approximate surface area is 152 Å². The number of benzene rings is 2. The lowest BCUT2D eigenvalue weighted by atomic mass is 9.63. The number of rotatable bonds is 2. The predicted octanol–water partition coefficient (Wildman–Crippen LogP) is 4.80. The molecule has 2 aromatic rings. The van der Waals surface area contributed by atoms with Crippen molar-refractivity contribution in [3.05, 3.63) is 59.4 Å². The molecule has 4 rings (SSSR count). The topological polar surface area (TPSA) is 20.3 Å². The first-order chi connectivity index (χ1) is 12.0. The van der Waals surface area contributed by atoms with Crippen LogP contribution < -0.4 is 0 Å². The zero-order chi connectivity index (χ0) is 17.6. The number of nitrogens with zero attached hydrogens (tertiary/aromatic N) is 1. The molecule has 0 N–H and O–H groups in total. The number of halogens is 1. The SMILES string of the molecule is CN1C(=O)CC[C@]2(C)c3ccc(Sc4ccccc4F)cc3CCC12. The van der Waals surface area contributed by atoms with E-state index in [0.29, 0.717) is 11.3 Å². The Kier molecular flexibility index (Phi) is 4.11. The van der Waals surface area contributed by atoms with Gasteiger partial charge in [0.15, 0.2) is 0 Å². The highest BCUT2D eigenvalue weighted by Gasteiger charge is 2.46. The minimum atomic E-state index is -0.176. The molecule has 0 aromatic heterocycles. The summed E-state index contributed by atoms with van der Waals surface area (Å²) in [7, 11) is 1.94. The van der Waals surface area contributed by atoms with Gasteiger partial charge in [-0.1, -0.05) is 36.9 Å². The van der Waals surface area contributed by atoms with Crippen molar-refractivity contribution in [2.75, 3.05) is 7.05 Å². The fourth-order valence-electron chi connectivity index (χ4n) is 4.48. The number of carbonyl (C=O) groups excluding carboxylic acids is 1. The normalized spacial score (nSPS) is 25.5. The van der Waals surface area contributed by atoms with Crippen molar-refractivity contribution in [2.45, 2.75) is 53.9 Å². The van der Waals surface area contributed by atoms with Gasteiger partial charge in [-0.3, -0.25) is 4.79 Å². The van der Waals surface area contributed by atoms with E-state index >= 15 is 0 Å². The summed E-state index contributed by atoms with van der Waals surface area (Å²) in [4.78, 5) is 15.8. The van der Waals surface area contributed by atoms with Gasteiger partial charge in [0.1, 0.15) is 5.82 Å². The second-order valence-corrected chi connectivity index (χ2v) is 8.44. The summed E-state index contributed by atoms with van der Waals surface area (Å²) in [5.41, 5.74) is 2.74. The Hall–Kier alpha value is -1.81. The highest BCUT2D eigenvalue weighted by molar-refractivity contribution is 7.99. The zero-order valence-corrected chi connectivity index (χ0v) is 15.4. The van der Waals surface area contributed by atoms with Crippen LogP contribution in [-0.4, -0.2) is 23.9 Å². The molecule has 1 heterocycles. The molecule has 0 radical (unpaired) electrons. The van der Waals surface area contributed by atoms with Crippen LogP contribution in [0.4, 0.5) is 4.39 Å². The maximum atomic E-state index is 13.9. The highest BCUT2D eigenvalue weighted by atomic mass is 32.2. The average Bonchev–Trinajstić information content (AvgIpc) is 2.60. The van der Waals surface area contributed by atoms with E-state index in [1.165, 1.54) is 29.0 Å². The van der Waals surface area contributed by atoms with E-state index in [4.69, 9.17) is 0 Å². The minimum Gasteiger partial charge on any atom is -0.342 e. The van der Waals surface area contributed by atoms with Gasteiger partial charge < -0.3 is 4.90 Å². The van der Waals surface area contributed by atoms with Gasteiger partial charge in [0.2, 0.25) is 5.91 Å². The van der Waals surface area contributed by atoms with E-state index in [1.54, 1.807) is 6.07 Å². The maximum absolute atomic E-state index is 13.9. The lowest BCUT2D eigenvalue weighted by Crippen LogP contribution is -2.56. The van der Waals surface area contributed by atoms with Crippen LogP contribution in [0.1, 0.15) is 37.3 Å². The summed E-state index contributed by atoms with van der Waals surface area (Å²) in [6.07, 6.45) is 3.50. The lowest BCUT2D eigenvalue weighted by molar-refractivity contribution is -0.138. The second kappa shape index (κ2) is 6.17. The molecular weight excluding hydrogens is 333 g/mol. The molecule has 0 spiro atoms. The third-order valence-electron chi connectivity index (χ3n) is 5.90. The van der Waals surface area contributed by atoms with Crippen LogP contribution >= 0.6 is 11.8 Å². The maximum Gasteiger partial charge on any atom is 0.222 e. The summed E-state index contributed by atoms with van der Waals surface area (Å²) in [6.45, 7) is 2.29. The van der Waals surface area contributed by atoms with Gasteiger partial charge in [0.05, 0.1) is 0 Å². The summed E-state index contributed by atoms with van der Waals surface area (Å²) in [5, 5.41) is 0. The molecule has 130 valence electrons. The van der Waals surface area contributed by atoms with Crippen LogP contribution in [0.3, 0.4) is 0 Å². The molecule has 2 aliphatic rings. The minimum absolute atomic E-state index is 0.0252. The Morgan fingerprint density at radius 2 is 2.00 bits per heavy atom. The predicted molar refractivity (Wildman–Crippen MR) is 98.4 cm³/mol. The third-order valence-corrected chi connectivity index (χ3v) is 6.94. The monoisotopic (exact) mass is 355 g/mol. The molecule has 1 fully saturated rings. The summed E-state index contributed by atoms with van der Waals surface area (Å²) >= 11 is 1.48. The van der Waals surface area contributed by atoms with Crippen LogP contribution in [-0.2, 0) is 16.6 Å². The summed E-state index contributed by atoms with van der Waals surface area (Å²) < 4.78 is 13.9. The van der Waals surface area contributed by atoms with Gasteiger partial charge >= 0.3 is 0 Å². The lowest BCUT2D eigenvalue weighted by Gasteiger charge is -2.50. The van der Waals surface area contributed by atoms with Crippen molar-refractivity contribution in [2.24, 2.45) is 0 Å². The van der Waals surface area contributed by atoms with Crippen LogP contribution in [0.15, 0.2) is 52.3 Å². The van der Waals surface area contributed by atoms with Crippen LogP contribution in [0.25, 0.3) is 0 Å². The molecule has 1 aliphatic carbocycles. The molecular formula is C21H22FNOS. The zero-order valence-electron chi connectivity index (χ0n) is 14.6. The Morgan fingerprint density at radius 3 is 2.80 bits per heavy atom. The number of likely N-dealkylation sites (N-methyl/N-ethyl adjacent to an activating group) is 1. The molecule has 1 aliphatic heterocycles.